The lowest BCUT2D eigenvalue weighted by Crippen LogP contribution is -2.28. The Kier molecular flexibility index (Phi) is 5.78. The van der Waals surface area contributed by atoms with Crippen LogP contribution in [0.25, 0.3) is 0 Å². The van der Waals surface area contributed by atoms with E-state index in [2.05, 4.69) is 66.0 Å². The summed E-state index contributed by atoms with van der Waals surface area (Å²) in [6.07, 6.45) is 0.681. The van der Waals surface area contributed by atoms with Crippen molar-refractivity contribution < 1.29 is 5.11 Å². The molecule has 1 atom stereocenters. The Morgan fingerprint density at radius 1 is 0.625 bits per heavy atom. The van der Waals surface area contributed by atoms with E-state index < -0.39 is 0 Å². The van der Waals surface area contributed by atoms with E-state index in [4.69, 9.17) is 0 Å². The first-order chi connectivity index (χ1) is 11.9. The first-order valence-corrected chi connectivity index (χ1v) is 8.40. The molecule has 0 aromatic heterocycles. The van der Waals surface area contributed by atoms with Gasteiger partial charge in [-0.05, 0) is 23.1 Å². The summed E-state index contributed by atoms with van der Waals surface area (Å²) in [5, 5.41) is 13.3. The Morgan fingerprint density at radius 3 is 1.46 bits per heavy atom. The summed E-state index contributed by atoms with van der Waals surface area (Å²) in [6.45, 7) is 0.156. The van der Waals surface area contributed by atoms with Crippen LogP contribution in [-0.2, 0) is 0 Å². The minimum atomic E-state index is 0.0872. The van der Waals surface area contributed by atoms with E-state index in [-0.39, 0.29) is 18.7 Å². The molecule has 0 aliphatic carbocycles. The van der Waals surface area contributed by atoms with E-state index in [0.717, 1.165) is 0 Å². The minimum absolute atomic E-state index is 0.0872. The molecule has 0 saturated carbocycles. The SMILES string of the molecule is OCCC(NC(c1ccccc1)c1ccccc1)c1ccccc1. The minimum Gasteiger partial charge on any atom is -0.396 e. The fourth-order valence-electron chi connectivity index (χ4n) is 3.04. The van der Waals surface area contributed by atoms with Crippen LogP contribution in [0.4, 0.5) is 0 Å². The van der Waals surface area contributed by atoms with E-state index in [1.54, 1.807) is 0 Å². The van der Waals surface area contributed by atoms with Gasteiger partial charge in [0.2, 0.25) is 0 Å². The molecule has 0 radical (unpaired) electrons. The first-order valence-electron chi connectivity index (χ1n) is 8.40. The van der Waals surface area contributed by atoms with Gasteiger partial charge in [0.1, 0.15) is 0 Å². The molecule has 3 aromatic rings. The standard InChI is InChI=1S/C22H23NO/c24-17-16-21(18-10-4-1-5-11-18)23-22(19-12-6-2-7-13-19)20-14-8-3-9-15-20/h1-15,21-24H,16-17H2. The number of aliphatic hydroxyl groups excluding tert-OH is 1. The lowest BCUT2D eigenvalue weighted by Gasteiger charge is -2.27. The molecule has 0 aliphatic heterocycles. The van der Waals surface area contributed by atoms with Crippen LogP contribution in [0.2, 0.25) is 0 Å². The van der Waals surface area contributed by atoms with Gasteiger partial charge in [0.25, 0.3) is 0 Å². The maximum Gasteiger partial charge on any atom is 0.0581 e. The van der Waals surface area contributed by atoms with Gasteiger partial charge in [-0.25, -0.2) is 0 Å². The highest BCUT2D eigenvalue weighted by Gasteiger charge is 2.19. The van der Waals surface area contributed by atoms with Gasteiger partial charge in [0.05, 0.1) is 6.04 Å². The number of hydrogen-bond acceptors (Lipinski definition) is 2. The summed E-state index contributed by atoms with van der Waals surface area (Å²) in [5.41, 5.74) is 3.65. The summed E-state index contributed by atoms with van der Waals surface area (Å²) >= 11 is 0. The molecule has 0 amide bonds. The number of rotatable bonds is 7. The van der Waals surface area contributed by atoms with Gasteiger partial charge in [0.15, 0.2) is 0 Å². The molecule has 0 spiro atoms. The van der Waals surface area contributed by atoms with Gasteiger partial charge in [0, 0.05) is 12.6 Å². The predicted molar refractivity (Wildman–Crippen MR) is 98.7 cm³/mol. The lowest BCUT2D eigenvalue weighted by molar-refractivity contribution is 0.262. The fourth-order valence-corrected chi connectivity index (χ4v) is 3.04. The van der Waals surface area contributed by atoms with Gasteiger partial charge >= 0.3 is 0 Å². The zero-order valence-corrected chi connectivity index (χ0v) is 13.7. The summed E-state index contributed by atoms with van der Waals surface area (Å²) in [6, 6.07) is 31.4. The van der Waals surface area contributed by atoms with Crippen LogP contribution in [0, 0.1) is 0 Å². The smallest absolute Gasteiger partial charge is 0.0581 e. The predicted octanol–water partition coefficient (Wildman–Crippen LogP) is 4.49. The van der Waals surface area contributed by atoms with Crippen LogP contribution in [0.1, 0.15) is 35.2 Å². The lowest BCUT2D eigenvalue weighted by atomic mass is 9.95. The molecule has 2 N–H and O–H groups in total. The molecular weight excluding hydrogens is 294 g/mol. The first kappa shape index (κ1) is 16.4. The Balaban J connectivity index is 1.93. The molecule has 3 rings (SSSR count). The van der Waals surface area contributed by atoms with Crippen LogP contribution in [-0.4, -0.2) is 11.7 Å². The quantitative estimate of drug-likeness (QED) is 0.673. The molecule has 0 bridgehead atoms. The molecule has 24 heavy (non-hydrogen) atoms. The average Bonchev–Trinajstić information content (AvgIpc) is 2.67. The van der Waals surface area contributed by atoms with Crippen molar-refractivity contribution >= 4 is 0 Å². The van der Waals surface area contributed by atoms with Gasteiger partial charge < -0.3 is 5.11 Å². The summed E-state index contributed by atoms with van der Waals surface area (Å²) in [5.74, 6) is 0. The maximum atomic E-state index is 9.51. The van der Waals surface area contributed by atoms with Crippen molar-refractivity contribution in [2.75, 3.05) is 6.61 Å². The zero-order chi connectivity index (χ0) is 16.6. The Hall–Kier alpha value is -2.42. The van der Waals surface area contributed by atoms with E-state index in [1.165, 1.54) is 16.7 Å². The highest BCUT2D eigenvalue weighted by atomic mass is 16.3. The summed E-state index contributed by atoms with van der Waals surface area (Å²) in [4.78, 5) is 0. The second-order valence-corrected chi connectivity index (χ2v) is 5.90. The molecule has 2 heteroatoms. The third kappa shape index (κ3) is 4.10. The van der Waals surface area contributed by atoms with E-state index in [0.29, 0.717) is 6.42 Å². The van der Waals surface area contributed by atoms with Crippen molar-refractivity contribution in [3.63, 3.8) is 0 Å². The molecule has 0 aliphatic rings. The van der Waals surface area contributed by atoms with Gasteiger partial charge in [-0.15, -0.1) is 0 Å². The van der Waals surface area contributed by atoms with Crippen LogP contribution < -0.4 is 5.32 Å². The van der Waals surface area contributed by atoms with Crippen molar-refractivity contribution in [3.8, 4) is 0 Å². The van der Waals surface area contributed by atoms with E-state index in [1.807, 2.05) is 30.3 Å². The Labute approximate surface area is 143 Å². The van der Waals surface area contributed by atoms with Crippen molar-refractivity contribution in [1.29, 1.82) is 0 Å². The topological polar surface area (TPSA) is 32.3 Å². The van der Waals surface area contributed by atoms with Crippen LogP contribution >= 0.6 is 0 Å². The van der Waals surface area contributed by atoms with Gasteiger partial charge in [-0.1, -0.05) is 91.0 Å². The highest BCUT2D eigenvalue weighted by Crippen LogP contribution is 2.27. The molecule has 0 saturated heterocycles. The number of nitrogens with one attached hydrogen (secondary N) is 1. The molecule has 1 unspecified atom stereocenters. The number of benzene rings is 3. The molecular formula is C22H23NO. The summed E-state index contributed by atoms with van der Waals surface area (Å²) in [7, 11) is 0. The summed E-state index contributed by atoms with van der Waals surface area (Å²) < 4.78 is 0. The van der Waals surface area contributed by atoms with Crippen molar-refractivity contribution in [2.45, 2.75) is 18.5 Å². The third-order valence-electron chi connectivity index (χ3n) is 4.25. The Bertz CT molecular complexity index is 673. The second kappa shape index (κ2) is 8.44. The molecule has 0 heterocycles. The van der Waals surface area contributed by atoms with Crippen LogP contribution in [0.15, 0.2) is 91.0 Å². The largest absolute Gasteiger partial charge is 0.396 e. The monoisotopic (exact) mass is 317 g/mol. The third-order valence-corrected chi connectivity index (χ3v) is 4.25. The fraction of sp³-hybridized carbons (Fsp3) is 0.182. The normalized spacial score (nSPS) is 12.2. The van der Waals surface area contributed by atoms with Gasteiger partial charge in [-0.3, -0.25) is 5.32 Å². The van der Waals surface area contributed by atoms with Crippen molar-refractivity contribution in [1.82, 2.24) is 5.32 Å². The highest BCUT2D eigenvalue weighted by molar-refractivity contribution is 5.32. The zero-order valence-electron chi connectivity index (χ0n) is 13.7. The molecule has 0 fully saturated rings. The number of aliphatic hydroxyl groups is 1. The molecule has 122 valence electrons. The Morgan fingerprint density at radius 2 is 1.04 bits per heavy atom. The van der Waals surface area contributed by atoms with Gasteiger partial charge in [-0.2, -0.15) is 0 Å². The van der Waals surface area contributed by atoms with Crippen LogP contribution in [0.3, 0.4) is 0 Å². The van der Waals surface area contributed by atoms with Crippen molar-refractivity contribution in [3.05, 3.63) is 108 Å². The van der Waals surface area contributed by atoms with E-state index in [9.17, 15) is 5.11 Å². The van der Waals surface area contributed by atoms with E-state index >= 15 is 0 Å². The van der Waals surface area contributed by atoms with Crippen LogP contribution in [0.5, 0.6) is 0 Å². The van der Waals surface area contributed by atoms with Crippen molar-refractivity contribution in [2.24, 2.45) is 0 Å². The maximum absolute atomic E-state index is 9.51. The second-order valence-electron chi connectivity index (χ2n) is 5.90. The number of hydrogen-bond donors (Lipinski definition) is 2. The molecule has 2 nitrogen and oxygen atoms in total. The molecule has 3 aromatic carbocycles. The average molecular weight is 317 g/mol.